The van der Waals surface area contributed by atoms with Gasteiger partial charge in [0.2, 0.25) is 4.80 Å². The highest BCUT2D eigenvalue weighted by atomic mass is 32.1. The normalized spacial score (nSPS) is 12.2. The number of alkyl halides is 2. The molecule has 5 nitrogen and oxygen atoms in total. The first kappa shape index (κ1) is 17.8. The van der Waals surface area contributed by atoms with Crippen LogP contribution in [0.5, 0.6) is 5.75 Å². The average Bonchev–Trinajstić information content (AvgIpc) is 3.28. The molecule has 26 heavy (non-hydrogen) atoms. The number of aromatic amines is 1. The Kier molecular flexibility index (Phi) is 5.75. The van der Waals surface area contributed by atoms with Gasteiger partial charge in [-0.15, -0.1) is 17.9 Å². The number of nitrogens with one attached hydrogen (secondary N) is 1. The lowest BCUT2D eigenvalue weighted by Gasteiger charge is -2.06. The zero-order valence-corrected chi connectivity index (χ0v) is 14.5. The molecule has 0 aliphatic heterocycles. The Hall–Kier alpha value is -3.00. The van der Waals surface area contributed by atoms with Crippen molar-refractivity contribution in [1.29, 1.82) is 0 Å². The molecule has 0 aliphatic carbocycles. The molecule has 2 heterocycles. The van der Waals surface area contributed by atoms with Crippen LogP contribution >= 0.6 is 11.3 Å². The Labute approximate surface area is 152 Å². The van der Waals surface area contributed by atoms with E-state index in [-0.39, 0.29) is 5.75 Å². The fraction of sp³-hybridized carbons (Fsp3) is 0.111. The number of hydrogen-bond acceptors (Lipinski definition) is 4. The zero-order chi connectivity index (χ0) is 18.4. The summed E-state index contributed by atoms with van der Waals surface area (Å²) in [4.78, 5) is 8.20. The molecule has 0 saturated heterocycles. The third-order valence-electron chi connectivity index (χ3n) is 3.35. The van der Waals surface area contributed by atoms with Gasteiger partial charge < -0.3 is 9.72 Å². The maximum atomic E-state index is 12.3. The number of H-pyrrole nitrogens is 1. The molecule has 3 rings (SSSR count). The lowest BCUT2D eigenvalue weighted by Crippen LogP contribution is -2.12. The second-order valence-electron chi connectivity index (χ2n) is 5.12. The second kappa shape index (κ2) is 8.39. The molecular weight excluding hydrogens is 358 g/mol. The standard InChI is InChI=1S/C18H16F2N4OS/c1-2-9-22-18-24(23-11-14-4-3-10-21-14)16(12-26-18)13-5-7-15(8-6-13)25-17(19)20/h2-8,10-12,17,21H,1,9H2/b22-18?,23-11+. The number of hydrogen-bond donors (Lipinski definition) is 1. The Morgan fingerprint density at radius 3 is 2.73 bits per heavy atom. The van der Waals surface area contributed by atoms with E-state index in [4.69, 9.17) is 0 Å². The smallest absolute Gasteiger partial charge is 0.387 e. The molecule has 0 fully saturated rings. The molecule has 0 aliphatic rings. The number of aromatic nitrogens is 2. The Morgan fingerprint density at radius 1 is 1.27 bits per heavy atom. The summed E-state index contributed by atoms with van der Waals surface area (Å²) in [6.45, 7) is 1.30. The van der Waals surface area contributed by atoms with Crippen molar-refractivity contribution in [3.05, 3.63) is 71.1 Å². The van der Waals surface area contributed by atoms with Crippen molar-refractivity contribution in [2.45, 2.75) is 6.61 Å². The van der Waals surface area contributed by atoms with E-state index in [2.05, 4.69) is 26.4 Å². The van der Waals surface area contributed by atoms with E-state index in [0.717, 1.165) is 17.0 Å². The minimum absolute atomic E-state index is 0.108. The second-order valence-corrected chi connectivity index (χ2v) is 5.95. The molecule has 0 atom stereocenters. The van der Waals surface area contributed by atoms with E-state index in [0.29, 0.717) is 11.3 Å². The minimum Gasteiger partial charge on any atom is -0.435 e. The van der Waals surface area contributed by atoms with Crippen molar-refractivity contribution in [3.8, 4) is 17.0 Å². The maximum Gasteiger partial charge on any atom is 0.387 e. The number of benzene rings is 1. The third-order valence-corrected chi connectivity index (χ3v) is 4.20. The summed E-state index contributed by atoms with van der Waals surface area (Å²) in [6.07, 6.45) is 5.21. The van der Waals surface area contributed by atoms with Crippen LogP contribution in [-0.2, 0) is 0 Å². The van der Waals surface area contributed by atoms with Crippen LogP contribution in [-0.4, -0.2) is 29.0 Å². The summed E-state index contributed by atoms with van der Waals surface area (Å²) in [5.74, 6) is 0.108. The fourth-order valence-electron chi connectivity index (χ4n) is 2.21. The van der Waals surface area contributed by atoms with Gasteiger partial charge in [0.25, 0.3) is 0 Å². The highest BCUT2D eigenvalue weighted by molar-refractivity contribution is 7.07. The SMILES string of the molecule is C=CCN=c1scc(-c2ccc(OC(F)F)cc2)n1/N=C/c1ccc[nH]1. The van der Waals surface area contributed by atoms with Crippen LogP contribution in [0, 0.1) is 0 Å². The number of thiazole rings is 1. The van der Waals surface area contributed by atoms with Gasteiger partial charge in [0.15, 0.2) is 0 Å². The molecule has 1 aromatic carbocycles. The topological polar surface area (TPSA) is 54.7 Å². The molecule has 2 aromatic heterocycles. The van der Waals surface area contributed by atoms with E-state index < -0.39 is 6.61 Å². The maximum absolute atomic E-state index is 12.3. The van der Waals surface area contributed by atoms with Crippen molar-refractivity contribution >= 4 is 17.6 Å². The molecule has 0 bridgehead atoms. The lowest BCUT2D eigenvalue weighted by atomic mass is 10.2. The number of halogens is 2. The van der Waals surface area contributed by atoms with Crippen LogP contribution in [0.1, 0.15) is 5.69 Å². The Bertz CT molecular complexity index is 940. The Morgan fingerprint density at radius 2 is 2.08 bits per heavy atom. The largest absolute Gasteiger partial charge is 0.435 e. The van der Waals surface area contributed by atoms with Gasteiger partial charge in [0.1, 0.15) is 5.75 Å². The summed E-state index contributed by atoms with van der Waals surface area (Å²) < 4.78 is 30.7. The summed E-state index contributed by atoms with van der Waals surface area (Å²) in [6, 6.07) is 10.2. The van der Waals surface area contributed by atoms with E-state index >= 15 is 0 Å². The monoisotopic (exact) mass is 374 g/mol. The van der Waals surface area contributed by atoms with E-state index in [9.17, 15) is 8.78 Å². The number of nitrogens with zero attached hydrogens (tertiary/aromatic N) is 3. The highest BCUT2D eigenvalue weighted by Crippen LogP contribution is 2.24. The van der Waals surface area contributed by atoms with Crippen LogP contribution in [0.3, 0.4) is 0 Å². The molecule has 3 aromatic rings. The zero-order valence-electron chi connectivity index (χ0n) is 13.7. The average molecular weight is 374 g/mol. The highest BCUT2D eigenvalue weighted by Gasteiger charge is 2.09. The summed E-state index contributed by atoms with van der Waals surface area (Å²) in [5.41, 5.74) is 2.46. The van der Waals surface area contributed by atoms with Gasteiger partial charge in [-0.3, -0.25) is 4.99 Å². The summed E-state index contributed by atoms with van der Waals surface area (Å²) in [7, 11) is 0. The van der Waals surface area contributed by atoms with Crippen molar-refractivity contribution in [2.75, 3.05) is 6.54 Å². The molecule has 0 unspecified atom stereocenters. The van der Waals surface area contributed by atoms with Crippen molar-refractivity contribution < 1.29 is 13.5 Å². The number of ether oxygens (including phenoxy) is 1. The summed E-state index contributed by atoms with van der Waals surface area (Å²) in [5, 5.41) is 6.41. The van der Waals surface area contributed by atoms with Crippen LogP contribution in [0.25, 0.3) is 11.3 Å². The molecule has 0 saturated carbocycles. The molecule has 0 spiro atoms. The van der Waals surface area contributed by atoms with Crippen molar-refractivity contribution in [3.63, 3.8) is 0 Å². The van der Waals surface area contributed by atoms with Crippen molar-refractivity contribution in [1.82, 2.24) is 9.66 Å². The predicted octanol–water partition coefficient (Wildman–Crippen LogP) is 4.12. The van der Waals surface area contributed by atoms with E-state index in [1.807, 2.05) is 23.7 Å². The van der Waals surface area contributed by atoms with E-state index in [1.54, 1.807) is 29.1 Å². The van der Waals surface area contributed by atoms with Gasteiger partial charge in [-0.25, -0.2) is 4.68 Å². The quantitative estimate of drug-likeness (QED) is 0.491. The summed E-state index contributed by atoms with van der Waals surface area (Å²) >= 11 is 1.44. The van der Waals surface area contributed by atoms with Crippen LogP contribution in [0.2, 0.25) is 0 Å². The predicted molar refractivity (Wildman–Crippen MR) is 98.8 cm³/mol. The first-order chi connectivity index (χ1) is 12.7. The first-order valence-corrected chi connectivity index (χ1v) is 8.60. The molecule has 1 N–H and O–H groups in total. The molecule has 8 heteroatoms. The van der Waals surface area contributed by atoms with Crippen LogP contribution in [0.15, 0.2) is 70.7 Å². The molecule has 0 amide bonds. The van der Waals surface area contributed by atoms with Crippen LogP contribution < -0.4 is 9.54 Å². The minimum atomic E-state index is -2.85. The van der Waals surface area contributed by atoms with Crippen molar-refractivity contribution in [2.24, 2.45) is 10.1 Å². The number of rotatable bonds is 7. The van der Waals surface area contributed by atoms with E-state index in [1.165, 1.54) is 23.5 Å². The van der Waals surface area contributed by atoms with Gasteiger partial charge in [-0.1, -0.05) is 6.08 Å². The molecule has 0 radical (unpaired) electrons. The fourth-order valence-corrected chi connectivity index (χ4v) is 3.06. The van der Waals surface area contributed by atoms with Gasteiger partial charge in [-0.2, -0.15) is 13.9 Å². The van der Waals surface area contributed by atoms with Gasteiger partial charge in [-0.05, 0) is 36.4 Å². The van der Waals surface area contributed by atoms with Crippen LogP contribution in [0.4, 0.5) is 8.78 Å². The van der Waals surface area contributed by atoms with Gasteiger partial charge >= 0.3 is 6.61 Å². The Balaban J connectivity index is 1.98. The van der Waals surface area contributed by atoms with Gasteiger partial charge in [0.05, 0.1) is 24.1 Å². The molecule has 134 valence electrons. The van der Waals surface area contributed by atoms with Gasteiger partial charge in [0, 0.05) is 17.1 Å². The molecular formula is C18H16F2N4OS. The third kappa shape index (κ3) is 4.34. The first-order valence-electron chi connectivity index (χ1n) is 7.72. The lowest BCUT2D eigenvalue weighted by molar-refractivity contribution is -0.0498.